The molecule has 1 aliphatic heterocycles. The van der Waals surface area contributed by atoms with Crippen molar-refractivity contribution in [2.75, 3.05) is 17.7 Å². The minimum Gasteiger partial charge on any atom is -0.495 e. The summed E-state index contributed by atoms with van der Waals surface area (Å²) in [4.78, 5) is 22.3. The number of hydrogen-bond donors (Lipinski definition) is 2. The lowest BCUT2D eigenvalue weighted by molar-refractivity contribution is -0.113. The van der Waals surface area contributed by atoms with E-state index in [0.29, 0.717) is 45.1 Å². The van der Waals surface area contributed by atoms with Gasteiger partial charge in [0.15, 0.2) is 0 Å². The van der Waals surface area contributed by atoms with Crippen molar-refractivity contribution >= 4 is 29.3 Å². The number of anilines is 2. The Hall–Kier alpha value is -4.18. The number of para-hydroxylation sites is 2. The summed E-state index contributed by atoms with van der Waals surface area (Å²) < 4.78 is 21.2. The molecular formula is C26H23FN6O2S. The predicted molar refractivity (Wildman–Crippen MR) is 136 cm³/mol. The van der Waals surface area contributed by atoms with E-state index in [2.05, 4.69) is 25.7 Å². The molecule has 0 unspecified atom stereocenters. The van der Waals surface area contributed by atoms with Crippen molar-refractivity contribution in [1.82, 2.24) is 19.7 Å². The van der Waals surface area contributed by atoms with Gasteiger partial charge in [0, 0.05) is 23.8 Å². The van der Waals surface area contributed by atoms with Crippen molar-refractivity contribution < 1.29 is 13.9 Å². The number of halogens is 1. The average Bonchev–Trinajstić information content (AvgIpc) is 3.30. The Bertz CT molecular complexity index is 1440. The van der Waals surface area contributed by atoms with Crippen LogP contribution in [0.1, 0.15) is 24.1 Å². The molecule has 1 aliphatic rings. The molecule has 1 atom stereocenters. The van der Waals surface area contributed by atoms with Crippen LogP contribution in [0.5, 0.6) is 5.75 Å². The molecule has 2 aromatic carbocycles. The molecular weight excluding hydrogens is 479 g/mol. The van der Waals surface area contributed by atoms with E-state index in [9.17, 15) is 9.18 Å². The Morgan fingerprint density at radius 1 is 1.14 bits per heavy atom. The summed E-state index contributed by atoms with van der Waals surface area (Å²) in [5, 5.41) is 11.3. The fraction of sp³-hybridized carbons (Fsp3) is 0.154. The van der Waals surface area contributed by atoms with Gasteiger partial charge < -0.3 is 15.4 Å². The SMILES string of the molecule is COc1ccccc1NC(=O)C1=C(C)Nc2nc(SCc3ccccc3F)nn2[C@H]1c1ccncc1. The van der Waals surface area contributed by atoms with Crippen molar-refractivity contribution in [3.05, 3.63) is 101 Å². The third kappa shape index (κ3) is 4.67. The summed E-state index contributed by atoms with van der Waals surface area (Å²) >= 11 is 1.33. The molecule has 5 rings (SSSR count). The van der Waals surface area contributed by atoms with Crippen LogP contribution in [0.2, 0.25) is 0 Å². The molecule has 0 saturated carbocycles. The first-order chi connectivity index (χ1) is 17.5. The molecule has 0 radical (unpaired) electrons. The van der Waals surface area contributed by atoms with Crippen molar-refractivity contribution in [1.29, 1.82) is 0 Å². The smallest absolute Gasteiger partial charge is 0.255 e. The van der Waals surface area contributed by atoms with E-state index in [0.717, 1.165) is 5.56 Å². The lowest BCUT2D eigenvalue weighted by Gasteiger charge is -2.28. The number of fused-ring (bicyclic) bond motifs is 1. The van der Waals surface area contributed by atoms with E-state index in [-0.39, 0.29) is 11.7 Å². The molecule has 8 nitrogen and oxygen atoms in total. The number of pyridine rings is 1. The number of amides is 1. The highest BCUT2D eigenvalue weighted by molar-refractivity contribution is 7.98. The first-order valence-electron chi connectivity index (χ1n) is 11.2. The summed E-state index contributed by atoms with van der Waals surface area (Å²) in [6.07, 6.45) is 3.35. The van der Waals surface area contributed by atoms with Gasteiger partial charge in [0.25, 0.3) is 5.91 Å². The largest absolute Gasteiger partial charge is 0.495 e. The second-order valence-corrected chi connectivity index (χ2v) is 8.99. The number of hydrogen-bond acceptors (Lipinski definition) is 7. The molecule has 10 heteroatoms. The zero-order chi connectivity index (χ0) is 25.1. The van der Waals surface area contributed by atoms with Crippen LogP contribution in [0.25, 0.3) is 0 Å². The van der Waals surface area contributed by atoms with E-state index < -0.39 is 6.04 Å². The zero-order valence-corrected chi connectivity index (χ0v) is 20.4. The van der Waals surface area contributed by atoms with E-state index >= 15 is 0 Å². The maximum atomic E-state index is 14.1. The Morgan fingerprint density at radius 3 is 2.67 bits per heavy atom. The van der Waals surface area contributed by atoms with Crippen molar-refractivity contribution in [2.24, 2.45) is 0 Å². The molecule has 3 heterocycles. The number of nitrogens with one attached hydrogen (secondary N) is 2. The summed E-state index contributed by atoms with van der Waals surface area (Å²) in [5.74, 6) is 0.868. The third-order valence-corrected chi connectivity index (χ3v) is 6.66. The number of thioether (sulfide) groups is 1. The number of allylic oxidation sites excluding steroid dienone is 1. The Labute approximate surface area is 211 Å². The molecule has 0 fully saturated rings. The van der Waals surface area contributed by atoms with Crippen LogP contribution in [0.15, 0.2) is 89.5 Å². The third-order valence-electron chi connectivity index (χ3n) is 5.77. The quantitative estimate of drug-likeness (QED) is 0.342. The van der Waals surface area contributed by atoms with Crippen LogP contribution < -0.4 is 15.4 Å². The first-order valence-corrected chi connectivity index (χ1v) is 12.2. The highest BCUT2D eigenvalue weighted by Crippen LogP contribution is 2.37. The lowest BCUT2D eigenvalue weighted by atomic mass is 9.96. The van der Waals surface area contributed by atoms with Crippen LogP contribution in [0, 0.1) is 5.82 Å². The highest BCUT2D eigenvalue weighted by Gasteiger charge is 2.34. The van der Waals surface area contributed by atoms with Gasteiger partial charge in [-0.05, 0) is 48.4 Å². The van der Waals surface area contributed by atoms with E-state index in [1.807, 2.05) is 31.2 Å². The van der Waals surface area contributed by atoms with Gasteiger partial charge in [0.2, 0.25) is 11.1 Å². The molecule has 0 bridgehead atoms. The average molecular weight is 503 g/mol. The summed E-state index contributed by atoms with van der Waals surface area (Å²) in [7, 11) is 1.56. The second kappa shape index (κ2) is 10.2. The molecule has 0 saturated heterocycles. The van der Waals surface area contributed by atoms with Crippen molar-refractivity contribution in [2.45, 2.75) is 23.9 Å². The lowest BCUT2D eigenvalue weighted by Crippen LogP contribution is -2.31. The molecule has 1 amide bonds. The summed E-state index contributed by atoms with van der Waals surface area (Å²) in [6, 6.07) is 17.0. The highest BCUT2D eigenvalue weighted by atomic mass is 32.2. The van der Waals surface area contributed by atoms with Gasteiger partial charge >= 0.3 is 0 Å². The van der Waals surface area contributed by atoms with Gasteiger partial charge in [-0.3, -0.25) is 9.78 Å². The van der Waals surface area contributed by atoms with Crippen LogP contribution in [0.4, 0.5) is 16.0 Å². The number of aromatic nitrogens is 4. The van der Waals surface area contributed by atoms with Crippen molar-refractivity contribution in [3.8, 4) is 5.75 Å². The molecule has 4 aromatic rings. The number of benzene rings is 2. The summed E-state index contributed by atoms with van der Waals surface area (Å²) in [6.45, 7) is 1.83. The molecule has 2 aromatic heterocycles. The molecule has 2 N–H and O–H groups in total. The first kappa shape index (κ1) is 23.6. The number of nitrogens with zero attached hydrogens (tertiary/aromatic N) is 4. The summed E-state index contributed by atoms with van der Waals surface area (Å²) in [5.41, 5.74) is 3.09. The Balaban J connectivity index is 1.48. The number of carbonyl (C=O) groups excluding carboxylic acids is 1. The number of ether oxygens (including phenoxy) is 1. The Morgan fingerprint density at radius 2 is 1.89 bits per heavy atom. The number of rotatable bonds is 7. The van der Waals surface area contributed by atoms with Gasteiger partial charge in [-0.1, -0.05) is 42.1 Å². The van der Waals surface area contributed by atoms with E-state index in [1.54, 1.807) is 54.5 Å². The Kier molecular flexibility index (Phi) is 6.68. The molecule has 0 aliphatic carbocycles. The fourth-order valence-electron chi connectivity index (χ4n) is 4.04. The minimum atomic E-state index is -0.547. The second-order valence-electron chi connectivity index (χ2n) is 8.04. The fourth-order valence-corrected chi connectivity index (χ4v) is 4.85. The van der Waals surface area contributed by atoms with Gasteiger partial charge in [-0.25, -0.2) is 9.07 Å². The van der Waals surface area contributed by atoms with Gasteiger partial charge in [0.1, 0.15) is 17.6 Å². The predicted octanol–water partition coefficient (Wildman–Crippen LogP) is 5.04. The molecule has 36 heavy (non-hydrogen) atoms. The topological polar surface area (TPSA) is 94.0 Å². The molecule has 182 valence electrons. The minimum absolute atomic E-state index is 0.269. The zero-order valence-electron chi connectivity index (χ0n) is 19.6. The van der Waals surface area contributed by atoms with Crippen molar-refractivity contribution in [3.63, 3.8) is 0 Å². The van der Waals surface area contributed by atoms with Crippen LogP contribution in [-0.4, -0.2) is 32.8 Å². The van der Waals surface area contributed by atoms with Crippen LogP contribution in [0.3, 0.4) is 0 Å². The van der Waals surface area contributed by atoms with Gasteiger partial charge in [-0.15, -0.1) is 5.10 Å². The van der Waals surface area contributed by atoms with E-state index in [4.69, 9.17) is 4.74 Å². The maximum Gasteiger partial charge on any atom is 0.255 e. The van der Waals surface area contributed by atoms with Gasteiger partial charge in [-0.2, -0.15) is 4.98 Å². The molecule has 0 spiro atoms. The normalized spacial score (nSPS) is 14.7. The maximum absolute atomic E-state index is 14.1. The van der Waals surface area contributed by atoms with Crippen LogP contribution >= 0.6 is 11.8 Å². The van der Waals surface area contributed by atoms with Crippen LogP contribution in [-0.2, 0) is 10.5 Å². The standard InChI is InChI=1S/C26H23FN6O2S/c1-16-22(24(34)30-20-9-5-6-10-21(20)35-2)23(17-11-13-28-14-12-17)33-25(29-16)31-26(32-33)36-15-18-7-3-4-8-19(18)27/h3-14,23H,15H2,1-2H3,(H,30,34)(H,29,31,32)/t23-/m0/s1. The number of carbonyl (C=O) groups is 1. The number of methoxy groups -OCH3 is 1. The van der Waals surface area contributed by atoms with E-state index in [1.165, 1.54) is 17.8 Å². The monoisotopic (exact) mass is 502 g/mol. The van der Waals surface area contributed by atoms with Gasteiger partial charge in [0.05, 0.1) is 18.4 Å².